The van der Waals surface area contributed by atoms with Gasteiger partial charge in [-0.15, -0.1) is 0 Å². The van der Waals surface area contributed by atoms with Gasteiger partial charge in [-0.25, -0.2) is 0 Å². The highest BCUT2D eigenvalue weighted by atomic mass is 15.3. The molecule has 114 valence electrons. The quantitative estimate of drug-likeness (QED) is 0.926. The molecule has 0 spiro atoms. The van der Waals surface area contributed by atoms with Gasteiger partial charge < -0.3 is 5.32 Å². The van der Waals surface area contributed by atoms with Crippen molar-refractivity contribution in [3.05, 3.63) is 52.3 Å². The molecular weight excluding hydrogens is 272 g/mol. The molecule has 0 radical (unpaired) electrons. The molecule has 4 heteroatoms. The van der Waals surface area contributed by atoms with Gasteiger partial charge in [0.2, 0.25) is 0 Å². The first-order valence-corrected chi connectivity index (χ1v) is 7.78. The van der Waals surface area contributed by atoms with E-state index in [1.165, 1.54) is 16.8 Å². The van der Waals surface area contributed by atoms with E-state index in [-0.39, 0.29) is 5.41 Å². The summed E-state index contributed by atoms with van der Waals surface area (Å²) in [5.74, 6) is 0. The topological polar surface area (TPSA) is 53.6 Å². The normalized spacial score (nSPS) is 14.5. The Hall–Kier alpha value is -2.12. The van der Waals surface area contributed by atoms with Gasteiger partial charge in [-0.2, -0.15) is 10.4 Å². The number of aromatic nitrogens is 2. The first kappa shape index (κ1) is 14.8. The number of nitrogens with zero attached hydrogens (tertiary/aromatic N) is 3. The Morgan fingerprint density at radius 1 is 1.27 bits per heavy atom. The van der Waals surface area contributed by atoms with Gasteiger partial charge in [0.05, 0.1) is 6.54 Å². The standard InChI is InChI=1S/C18H22N4/c1-18(2,3)14-6-4-13(5-7-14)12-22-17-8-9-20-11-15(17)16(10-19)21-22/h4-7,20H,8-9,11-12H2,1-3H3. The van der Waals surface area contributed by atoms with E-state index < -0.39 is 0 Å². The first-order chi connectivity index (χ1) is 10.5. The van der Waals surface area contributed by atoms with E-state index >= 15 is 0 Å². The first-order valence-electron chi connectivity index (χ1n) is 7.78. The SMILES string of the molecule is CC(C)(C)c1ccc(Cn2nc(C#N)c3c2CCNC3)cc1. The summed E-state index contributed by atoms with van der Waals surface area (Å²) in [7, 11) is 0. The highest BCUT2D eigenvalue weighted by Crippen LogP contribution is 2.23. The number of rotatable bonds is 2. The Morgan fingerprint density at radius 3 is 2.64 bits per heavy atom. The van der Waals surface area contributed by atoms with Crippen LogP contribution in [-0.4, -0.2) is 16.3 Å². The van der Waals surface area contributed by atoms with Crippen molar-refractivity contribution in [1.82, 2.24) is 15.1 Å². The van der Waals surface area contributed by atoms with Crippen molar-refractivity contribution in [2.24, 2.45) is 0 Å². The van der Waals surface area contributed by atoms with Gasteiger partial charge in [0, 0.05) is 30.8 Å². The Morgan fingerprint density at radius 2 is 2.00 bits per heavy atom. The fourth-order valence-corrected chi connectivity index (χ4v) is 2.92. The highest BCUT2D eigenvalue weighted by molar-refractivity contribution is 5.37. The van der Waals surface area contributed by atoms with Crippen LogP contribution in [0, 0.1) is 11.3 Å². The monoisotopic (exact) mass is 294 g/mol. The van der Waals surface area contributed by atoms with Crippen LogP contribution in [-0.2, 0) is 24.9 Å². The van der Waals surface area contributed by atoms with Crippen LogP contribution >= 0.6 is 0 Å². The van der Waals surface area contributed by atoms with Crippen LogP contribution in [0.4, 0.5) is 0 Å². The average molecular weight is 294 g/mol. The van der Waals surface area contributed by atoms with Crippen molar-refractivity contribution in [1.29, 1.82) is 5.26 Å². The molecule has 0 unspecified atom stereocenters. The second-order valence-corrected chi connectivity index (χ2v) is 6.92. The van der Waals surface area contributed by atoms with Gasteiger partial charge in [0.1, 0.15) is 6.07 Å². The molecule has 0 atom stereocenters. The maximum absolute atomic E-state index is 9.25. The number of benzene rings is 1. The van der Waals surface area contributed by atoms with Gasteiger partial charge in [0.25, 0.3) is 0 Å². The molecule has 0 bridgehead atoms. The highest BCUT2D eigenvalue weighted by Gasteiger charge is 2.20. The fourth-order valence-electron chi connectivity index (χ4n) is 2.92. The minimum atomic E-state index is 0.170. The summed E-state index contributed by atoms with van der Waals surface area (Å²) in [5.41, 5.74) is 5.56. The molecule has 1 aliphatic heterocycles. The largest absolute Gasteiger partial charge is 0.312 e. The van der Waals surface area contributed by atoms with E-state index in [1.807, 2.05) is 4.68 Å². The summed E-state index contributed by atoms with van der Waals surface area (Å²) in [6, 6.07) is 10.9. The number of hydrogen-bond donors (Lipinski definition) is 1. The van der Waals surface area contributed by atoms with Crippen LogP contribution in [0.5, 0.6) is 0 Å². The molecule has 4 nitrogen and oxygen atoms in total. The summed E-state index contributed by atoms with van der Waals surface area (Å²) >= 11 is 0. The summed E-state index contributed by atoms with van der Waals surface area (Å²) in [4.78, 5) is 0. The number of hydrogen-bond acceptors (Lipinski definition) is 3. The maximum atomic E-state index is 9.25. The molecule has 2 aromatic rings. The number of nitrogens with one attached hydrogen (secondary N) is 1. The summed E-state index contributed by atoms with van der Waals surface area (Å²) < 4.78 is 2.00. The van der Waals surface area contributed by atoms with Crippen LogP contribution in [0.25, 0.3) is 0 Å². The molecule has 1 N–H and O–H groups in total. The smallest absolute Gasteiger partial charge is 0.167 e. The van der Waals surface area contributed by atoms with Crippen LogP contribution < -0.4 is 5.32 Å². The molecule has 22 heavy (non-hydrogen) atoms. The molecule has 2 heterocycles. The molecule has 1 aliphatic rings. The van der Waals surface area contributed by atoms with E-state index in [4.69, 9.17) is 0 Å². The van der Waals surface area contributed by atoms with Crippen LogP contribution in [0.3, 0.4) is 0 Å². The van der Waals surface area contributed by atoms with Gasteiger partial charge in [-0.3, -0.25) is 4.68 Å². The van der Waals surface area contributed by atoms with Gasteiger partial charge >= 0.3 is 0 Å². The molecule has 0 aliphatic carbocycles. The molecule has 1 aromatic carbocycles. The number of fused-ring (bicyclic) bond motifs is 1. The molecule has 1 aromatic heterocycles. The Labute approximate surface area is 131 Å². The lowest BCUT2D eigenvalue weighted by Crippen LogP contribution is -2.25. The summed E-state index contributed by atoms with van der Waals surface area (Å²) in [5, 5.41) is 17.1. The zero-order chi connectivity index (χ0) is 15.7. The summed E-state index contributed by atoms with van der Waals surface area (Å²) in [6.45, 7) is 9.09. The molecule has 0 saturated heterocycles. The third-order valence-electron chi connectivity index (χ3n) is 4.27. The second kappa shape index (κ2) is 5.58. The van der Waals surface area contributed by atoms with Crippen LogP contribution in [0.2, 0.25) is 0 Å². The Kier molecular flexibility index (Phi) is 3.76. The van der Waals surface area contributed by atoms with E-state index in [1.54, 1.807) is 0 Å². The molecule has 3 rings (SSSR count). The third-order valence-corrected chi connectivity index (χ3v) is 4.27. The predicted octanol–water partition coefficient (Wildman–Crippen LogP) is 2.75. The average Bonchev–Trinajstić information content (AvgIpc) is 2.85. The van der Waals surface area contributed by atoms with Crippen molar-refractivity contribution >= 4 is 0 Å². The van der Waals surface area contributed by atoms with Gasteiger partial charge in [-0.1, -0.05) is 45.0 Å². The van der Waals surface area contributed by atoms with Crippen molar-refractivity contribution in [3.8, 4) is 6.07 Å². The third kappa shape index (κ3) is 2.77. The number of nitriles is 1. The van der Waals surface area contributed by atoms with Crippen LogP contribution in [0.15, 0.2) is 24.3 Å². The second-order valence-electron chi connectivity index (χ2n) is 6.92. The minimum absolute atomic E-state index is 0.170. The molecular formula is C18H22N4. The van der Waals surface area contributed by atoms with E-state index in [0.717, 1.165) is 31.6 Å². The van der Waals surface area contributed by atoms with E-state index in [9.17, 15) is 5.26 Å². The lowest BCUT2D eigenvalue weighted by molar-refractivity contribution is 0.579. The molecule has 0 fully saturated rings. The molecule has 0 saturated carbocycles. The summed E-state index contributed by atoms with van der Waals surface area (Å²) in [6.07, 6.45) is 0.935. The van der Waals surface area contributed by atoms with Crippen molar-refractivity contribution < 1.29 is 0 Å². The van der Waals surface area contributed by atoms with E-state index in [0.29, 0.717) is 5.69 Å². The van der Waals surface area contributed by atoms with Crippen molar-refractivity contribution in [3.63, 3.8) is 0 Å². The lowest BCUT2D eigenvalue weighted by atomic mass is 9.87. The molecule has 0 amide bonds. The lowest BCUT2D eigenvalue weighted by Gasteiger charge is -2.19. The Bertz CT molecular complexity index is 711. The van der Waals surface area contributed by atoms with Crippen LogP contribution in [0.1, 0.15) is 48.8 Å². The zero-order valence-electron chi connectivity index (χ0n) is 13.5. The fraction of sp³-hybridized carbons (Fsp3) is 0.444. The van der Waals surface area contributed by atoms with Gasteiger partial charge in [-0.05, 0) is 16.5 Å². The zero-order valence-corrected chi connectivity index (χ0v) is 13.5. The van der Waals surface area contributed by atoms with E-state index in [2.05, 4.69) is 61.5 Å². The maximum Gasteiger partial charge on any atom is 0.167 e. The predicted molar refractivity (Wildman–Crippen MR) is 86.6 cm³/mol. The van der Waals surface area contributed by atoms with Crippen molar-refractivity contribution in [2.45, 2.75) is 45.7 Å². The van der Waals surface area contributed by atoms with Crippen molar-refractivity contribution in [2.75, 3.05) is 6.54 Å². The minimum Gasteiger partial charge on any atom is -0.312 e. The Balaban J connectivity index is 1.88. The van der Waals surface area contributed by atoms with Gasteiger partial charge in [0.15, 0.2) is 5.69 Å².